The molecule has 0 aliphatic rings. The number of aromatic nitrogens is 2. The molecule has 0 saturated heterocycles. The van der Waals surface area contributed by atoms with Crippen molar-refractivity contribution in [3.8, 4) is 22.7 Å². The Morgan fingerprint density at radius 2 is 1.71 bits per heavy atom. The number of halogens is 1. The molecule has 38 heavy (non-hydrogen) atoms. The summed E-state index contributed by atoms with van der Waals surface area (Å²) in [5.41, 5.74) is 3.62. The van der Waals surface area contributed by atoms with Crippen molar-refractivity contribution < 1.29 is 14.3 Å². The Morgan fingerprint density at radius 3 is 2.39 bits per heavy atom. The minimum atomic E-state index is -0.311. The highest BCUT2D eigenvalue weighted by Gasteiger charge is 2.20. The van der Waals surface area contributed by atoms with Gasteiger partial charge in [-0.05, 0) is 49.7 Å². The van der Waals surface area contributed by atoms with E-state index in [1.807, 2.05) is 74.5 Å². The number of anilines is 1. The molecule has 0 aliphatic heterocycles. The molecular formula is C30H31ClN4O3. The molecule has 7 nitrogen and oxygen atoms in total. The van der Waals surface area contributed by atoms with Crippen LogP contribution in [0, 0.1) is 6.92 Å². The first-order valence-electron chi connectivity index (χ1n) is 12.6. The number of aryl methyl sites for hydroxylation is 1. The van der Waals surface area contributed by atoms with Crippen molar-refractivity contribution in [1.82, 2.24) is 14.7 Å². The lowest BCUT2D eigenvalue weighted by atomic mass is 10.1. The molecule has 0 aliphatic carbocycles. The van der Waals surface area contributed by atoms with Crippen LogP contribution in [0.4, 0.5) is 5.82 Å². The highest BCUT2D eigenvalue weighted by atomic mass is 35.5. The number of ether oxygens (including phenoxy) is 1. The number of nitrogens with zero attached hydrogens (tertiary/aromatic N) is 3. The first-order chi connectivity index (χ1) is 18.4. The first-order valence-corrected chi connectivity index (χ1v) is 13.0. The molecule has 0 atom stereocenters. The van der Waals surface area contributed by atoms with Gasteiger partial charge in [0.05, 0.1) is 11.4 Å². The van der Waals surface area contributed by atoms with E-state index in [1.54, 1.807) is 28.9 Å². The summed E-state index contributed by atoms with van der Waals surface area (Å²) >= 11 is 5.92. The zero-order chi connectivity index (χ0) is 26.9. The van der Waals surface area contributed by atoms with Crippen molar-refractivity contribution in [2.45, 2.75) is 26.7 Å². The number of carbonyl (C=O) groups is 2. The average Bonchev–Trinajstić information content (AvgIpc) is 3.35. The second-order valence-electron chi connectivity index (χ2n) is 8.99. The SMILES string of the molecule is CCCCN(CC(=O)Nc1cc(-c2ccccc2)nn1-c1ccc(C)cc1)C(=O)COc1ccc(Cl)cc1. The lowest BCUT2D eigenvalue weighted by Gasteiger charge is -2.22. The van der Waals surface area contributed by atoms with Gasteiger partial charge in [0.1, 0.15) is 18.1 Å². The zero-order valence-electron chi connectivity index (χ0n) is 21.6. The van der Waals surface area contributed by atoms with Gasteiger partial charge >= 0.3 is 0 Å². The lowest BCUT2D eigenvalue weighted by Crippen LogP contribution is -2.41. The molecular weight excluding hydrogens is 500 g/mol. The van der Waals surface area contributed by atoms with E-state index in [0.29, 0.717) is 23.1 Å². The Labute approximate surface area is 228 Å². The largest absolute Gasteiger partial charge is 0.484 e. The summed E-state index contributed by atoms with van der Waals surface area (Å²) in [6, 6.07) is 26.3. The van der Waals surface area contributed by atoms with E-state index in [9.17, 15) is 9.59 Å². The fourth-order valence-corrected chi connectivity index (χ4v) is 3.99. The molecule has 0 unspecified atom stereocenters. The summed E-state index contributed by atoms with van der Waals surface area (Å²) in [7, 11) is 0. The topological polar surface area (TPSA) is 76.5 Å². The number of unbranched alkanes of at least 4 members (excludes halogenated alkanes) is 1. The fraction of sp³-hybridized carbons (Fsp3) is 0.233. The third-order valence-electron chi connectivity index (χ3n) is 5.97. The quantitative estimate of drug-likeness (QED) is 0.252. The van der Waals surface area contributed by atoms with Gasteiger partial charge in [0.2, 0.25) is 5.91 Å². The van der Waals surface area contributed by atoms with E-state index in [1.165, 1.54) is 4.90 Å². The van der Waals surface area contributed by atoms with Crippen LogP contribution < -0.4 is 10.1 Å². The molecule has 0 radical (unpaired) electrons. The minimum absolute atomic E-state index is 0.0947. The molecule has 1 heterocycles. The van der Waals surface area contributed by atoms with Crippen LogP contribution in [0.3, 0.4) is 0 Å². The number of hydrogen-bond donors (Lipinski definition) is 1. The van der Waals surface area contributed by atoms with Gasteiger partial charge in [-0.25, -0.2) is 4.68 Å². The van der Waals surface area contributed by atoms with Crippen LogP contribution in [0.15, 0.2) is 84.9 Å². The second kappa shape index (κ2) is 12.9. The maximum absolute atomic E-state index is 13.2. The summed E-state index contributed by atoms with van der Waals surface area (Å²) in [5.74, 6) is 0.491. The molecule has 1 N–H and O–H groups in total. The van der Waals surface area contributed by atoms with E-state index >= 15 is 0 Å². The number of rotatable bonds is 11. The van der Waals surface area contributed by atoms with Crippen LogP contribution in [-0.2, 0) is 9.59 Å². The van der Waals surface area contributed by atoms with Gasteiger partial charge in [-0.1, -0.05) is 73.0 Å². The van der Waals surface area contributed by atoms with Crippen molar-refractivity contribution in [2.75, 3.05) is 25.0 Å². The third-order valence-corrected chi connectivity index (χ3v) is 6.22. The second-order valence-corrected chi connectivity index (χ2v) is 9.42. The molecule has 0 bridgehead atoms. The lowest BCUT2D eigenvalue weighted by molar-refractivity contribution is -0.136. The molecule has 4 rings (SSSR count). The summed E-state index contributed by atoms with van der Waals surface area (Å²) in [6.07, 6.45) is 1.67. The van der Waals surface area contributed by atoms with Gasteiger partial charge in [0, 0.05) is 23.2 Å². The van der Waals surface area contributed by atoms with Gasteiger partial charge in [0.25, 0.3) is 5.91 Å². The Kier molecular flexibility index (Phi) is 9.16. The minimum Gasteiger partial charge on any atom is -0.484 e. The number of amides is 2. The Balaban J connectivity index is 1.50. The van der Waals surface area contributed by atoms with Crippen molar-refractivity contribution in [3.05, 3.63) is 95.5 Å². The van der Waals surface area contributed by atoms with Crippen molar-refractivity contribution >= 4 is 29.2 Å². The molecule has 4 aromatic rings. The number of nitrogens with one attached hydrogen (secondary N) is 1. The fourth-order valence-electron chi connectivity index (χ4n) is 3.87. The number of carbonyl (C=O) groups excluding carboxylic acids is 2. The molecule has 8 heteroatoms. The maximum atomic E-state index is 13.2. The van der Waals surface area contributed by atoms with Crippen molar-refractivity contribution in [3.63, 3.8) is 0 Å². The molecule has 0 spiro atoms. The highest BCUT2D eigenvalue weighted by molar-refractivity contribution is 6.30. The van der Waals surface area contributed by atoms with Crippen LogP contribution in [0.5, 0.6) is 5.75 Å². The zero-order valence-corrected chi connectivity index (χ0v) is 22.3. The van der Waals surface area contributed by atoms with Gasteiger partial charge in [-0.3, -0.25) is 9.59 Å². The maximum Gasteiger partial charge on any atom is 0.260 e. The van der Waals surface area contributed by atoms with Gasteiger partial charge in [-0.2, -0.15) is 5.10 Å². The van der Waals surface area contributed by atoms with Crippen molar-refractivity contribution in [1.29, 1.82) is 0 Å². The van der Waals surface area contributed by atoms with E-state index in [-0.39, 0.29) is 25.0 Å². The molecule has 1 aromatic heterocycles. The monoisotopic (exact) mass is 530 g/mol. The smallest absolute Gasteiger partial charge is 0.260 e. The standard InChI is InChI=1S/C30H31ClN4O3/c1-3-4-18-34(30(37)21-38-26-16-12-24(31)13-17-26)20-29(36)32-28-19-27(23-8-6-5-7-9-23)33-35(28)25-14-10-22(2)11-15-25/h5-17,19H,3-4,18,20-21H2,1-2H3,(H,32,36). The predicted molar refractivity (Wildman–Crippen MR) is 151 cm³/mol. The average molecular weight is 531 g/mol. The summed E-state index contributed by atoms with van der Waals surface area (Å²) in [5, 5.41) is 8.31. The highest BCUT2D eigenvalue weighted by Crippen LogP contribution is 2.25. The van der Waals surface area contributed by atoms with Crippen molar-refractivity contribution in [2.24, 2.45) is 0 Å². The normalized spacial score (nSPS) is 10.7. The van der Waals surface area contributed by atoms with Gasteiger partial charge in [0.15, 0.2) is 6.61 Å². The van der Waals surface area contributed by atoms with Gasteiger partial charge in [-0.15, -0.1) is 0 Å². The van der Waals surface area contributed by atoms with E-state index in [2.05, 4.69) is 5.32 Å². The number of benzene rings is 3. The third kappa shape index (κ3) is 7.23. The van der Waals surface area contributed by atoms with Gasteiger partial charge < -0.3 is 15.0 Å². The van der Waals surface area contributed by atoms with Crippen LogP contribution in [0.1, 0.15) is 25.3 Å². The van der Waals surface area contributed by atoms with Crippen LogP contribution >= 0.6 is 11.6 Å². The van der Waals surface area contributed by atoms with E-state index < -0.39 is 0 Å². The van der Waals surface area contributed by atoms with E-state index in [4.69, 9.17) is 21.4 Å². The molecule has 0 saturated carbocycles. The predicted octanol–water partition coefficient (Wildman–Crippen LogP) is 6.15. The summed E-state index contributed by atoms with van der Waals surface area (Å²) < 4.78 is 7.34. The molecule has 196 valence electrons. The molecule has 2 amide bonds. The summed E-state index contributed by atoms with van der Waals surface area (Å²) in [6.45, 7) is 4.25. The van der Waals surface area contributed by atoms with Crippen LogP contribution in [-0.4, -0.2) is 46.2 Å². The molecule has 3 aromatic carbocycles. The first kappa shape index (κ1) is 26.9. The summed E-state index contributed by atoms with van der Waals surface area (Å²) in [4.78, 5) is 27.7. The van der Waals surface area contributed by atoms with E-state index in [0.717, 1.165) is 35.3 Å². The van der Waals surface area contributed by atoms with Crippen LogP contribution in [0.25, 0.3) is 16.9 Å². The molecule has 0 fully saturated rings. The Morgan fingerprint density at radius 1 is 1.00 bits per heavy atom. The Hall–Kier alpha value is -4.10. The Bertz CT molecular complexity index is 1350. The van der Waals surface area contributed by atoms with Crippen LogP contribution in [0.2, 0.25) is 5.02 Å². The number of hydrogen-bond acceptors (Lipinski definition) is 4.